The molecule has 0 saturated heterocycles. The summed E-state index contributed by atoms with van der Waals surface area (Å²) in [6, 6.07) is 13.7. The minimum Gasteiger partial charge on any atom is -0.497 e. The summed E-state index contributed by atoms with van der Waals surface area (Å²) in [5.41, 5.74) is 2.45. The standard InChI is InChI=1S/C22H31N3O4S/c1-6-24(7-2)19-13-11-18(12-14-19)16-23-22(26)17(3)25(30(5,27)28)20-9-8-10-21(15-20)29-4/h8-15,17H,6-7,16H2,1-5H3,(H,23,26). The smallest absolute Gasteiger partial charge is 0.243 e. The summed E-state index contributed by atoms with van der Waals surface area (Å²) in [5, 5.41) is 2.84. The van der Waals surface area contributed by atoms with Gasteiger partial charge in [0.25, 0.3) is 0 Å². The van der Waals surface area contributed by atoms with Crippen molar-refractivity contribution in [3.8, 4) is 5.75 Å². The van der Waals surface area contributed by atoms with Gasteiger partial charge in [-0.2, -0.15) is 0 Å². The van der Waals surface area contributed by atoms with Crippen LogP contribution in [0.3, 0.4) is 0 Å². The van der Waals surface area contributed by atoms with Crippen LogP contribution in [-0.4, -0.2) is 46.8 Å². The molecule has 1 amide bonds. The maximum atomic E-state index is 12.7. The number of nitrogens with zero attached hydrogens (tertiary/aromatic N) is 2. The molecular formula is C22H31N3O4S. The van der Waals surface area contributed by atoms with Crippen LogP contribution in [0.2, 0.25) is 0 Å². The topological polar surface area (TPSA) is 79.0 Å². The summed E-state index contributed by atoms with van der Waals surface area (Å²) >= 11 is 0. The molecule has 0 radical (unpaired) electrons. The van der Waals surface area contributed by atoms with Crippen LogP contribution >= 0.6 is 0 Å². The van der Waals surface area contributed by atoms with Gasteiger partial charge in [-0.1, -0.05) is 18.2 Å². The summed E-state index contributed by atoms with van der Waals surface area (Å²) in [6.45, 7) is 7.95. The Morgan fingerprint density at radius 2 is 1.70 bits per heavy atom. The third kappa shape index (κ3) is 5.89. The molecule has 1 atom stereocenters. The highest BCUT2D eigenvalue weighted by Crippen LogP contribution is 2.25. The van der Waals surface area contributed by atoms with Gasteiger partial charge in [0.2, 0.25) is 15.9 Å². The number of amides is 1. The molecule has 0 heterocycles. The number of rotatable bonds is 10. The second kappa shape index (κ2) is 10.3. The molecule has 0 spiro atoms. The van der Waals surface area contributed by atoms with Crippen LogP contribution in [0.1, 0.15) is 26.3 Å². The molecule has 8 heteroatoms. The minimum atomic E-state index is -3.68. The lowest BCUT2D eigenvalue weighted by atomic mass is 10.2. The van der Waals surface area contributed by atoms with Gasteiger partial charge in [0, 0.05) is 31.4 Å². The van der Waals surface area contributed by atoms with Gasteiger partial charge < -0.3 is 15.0 Å². The van der Waals surface area contributed by atoms with Gasteiger partial charge in [-0.15, -0.1) is 0 Å². The fourth-order valence-corrected chi connectivity index (χ4v) is 4.47. The predicted molar refractivity (Wildman–Crippen MR) is 122 cm³/mol. The van der Waals surface area contributed by atoms with E-state index in [1.807, 2.05) is 24.3 Å². The molecule has 0 aliphatic carbocycles. The first-order valence-corrected chi connectivity index (χ1v) is 11.8. The van der Waals surface area contributed by atoms with Crippen LogP contribution < -0.4 is 19.3 Å². The molecule has 2 rings (SSSR count). The summed E-state index contributed by atoms with van der Waals surface area (Å²) in [4.78, 5) is 15.0. The van der Waals surface area contributed by atoms with Gasteiger partial charge in [-0.05, 0) is 50.6 Å². The van der Waals surface area contributed by atoms with Crippen molar-refractivity contribution in [3.05, 3.63) is 54.1 Å². The molecule has 164 valence electrons. The third-order valence-electron chi connectivity index (χ3n) is 4.93. The van der Waals surface area contributed by atoms with E-state index in [1.165, 1.54) is 7.11 Å². The van der Waals surface area contributed by atoms with E-state index in [4.69, 9.17) is 4.74 Å². The highest BCUT2D eigenvalue weighted by molar-refractivity contribution is 7.92. The molecule has 30 heavy (non-hydrogen) atoms. The number of ether oxygens (including phenoxy) is 1. The second-order valence-electron chi connectivity index (χ2n) is 6.99. The van der Waals surface area contributed by atoms with Gasteiger partial charge in [0.05, 0.1) is 19.1 Å². The quantitative estimate of drug-likeness (QED) is 0.623. The highest BCUT2D eigenvalue weighted by Gasteiger charge is 2.29. The van der Waals surface area contributed by atoms with Gasteiger partial charge >= 0.3 is 0 Å². The first kappa shape index (κ1) is 23.5. The average molecular weight is 434 g/mol. The van der Waals surface area contributed by atoms with Crippen molar-refractivity contribution in [1.29, 1.82) is 0 Å². The Labute approximate surface area is 179 Å². The predicted octanol–water partition coefficient (Wildman–Crippen LogP) is 3.01. The zero-order chi connectivity index (χ0) is 22.3. The van der Waals surface area contributed by atoms with Gasteiger partial charge in [-0.3, -0.25) is 9.10 Å². The normalized spacial score (nSPS) is 12.2. The molecule has 1 N–H and O–H groups in total. The van der Waals surface area contributed by atoms with E-state index >= 15 is 0 Å². The van der Waals surface area contributed by atoms with E-state index in [2.05, 4.69) is 24.1 Å². The van der Waals surface area contributed by atoms with E-state index in [9.17, 15) is 13.2 Å². The van der Waals surface area contributed by atoms with Crippen LogP contribution in [0.5, 0.6) is 5.75 Å². The number of anilines is 2. The summed E-state index contributed by atoms with van der Waals surface area (Å²) in [7, 11) is -2.17. The van der Waals surface area contributed by atoms with E-state index in [1.54, 1.807) is 31.2 Å². The van der Waals surface area contributed by atoms with Crippen LogP contribution in [0.4, 0.5) is 11.4 Å². The number of hydrogen-bond acceptors (Lipinski definition) is 5. The number of hydrogen-bond donors (Lipinski definition) is 1. The Kier molecular flexibility index (Phi) is 8.11. The molecule has 0 bridgehead atoms. The number of methoxy groups -OCH3 is 1. The molecule has 2 aromatic rings. The molecule has 7 nitrogen and oxygen atoms in total. The van der Waals surface area contributed by atoms with Crippen LogP contribution in [0.15, 0.2) is 48.5 Å². The lowest BCUT2D eigenvalue weighted by Crippen LogP contribution is -2.47. The van der Waals surface area contributed by atoms with Crippen molar-refractivity contribution in [1.82, 2.24) is 5.32 Å². The maximum absolute atomic E-state index is 12.7. The van der Waals surface area contributed by atoms with Crippen molar-refractivity contribution in [3.63, 3.8) is 0 Å². The number of sulfonamides is 1. The minimum absolute atomic E-state index is 0.317. The molecule has 0 aliphatic heterocycles. The number of benzene rings is 2. The Hall–Kier alpha value is -2.74. The molecule has 0 aromatic heterocycles. The molecule has 2 aromatic carbocycles. The molecule has 0 aliphatic rings. The maximum Gasteiger partial charge on any atom is 0.243 e. The van der Waals surface area contributed by atoms with Crippen LogP contribution in [0, 0.1) is 0 Å². The number of carbonyl (C=O) groups excluding carboxylic acids is 1. The lowest BCUT2D eigenvalue weighted by Gasteiger charge is -2.28. The van der Waals surface area contributed by atoms with Crippen molar-refractivity contribution in [2.45, 2.75) is 33.4 Å². The van der Waals surface area contributed by atoms with Gasteiger partial charge in [0.1, 0.15) is 11.8 Å². The van der Waals surface area contributed by atoms with E-state index in [0.717, 1.165) is 34.9 Å². The van der Waals surface area contributed by atoms with E-state index in [-0.39, 0.29) is 5.91 Å². The second-order valence-corrected chi connectivity index (χ2v) is 8.85. The van der Waals surface area contributed by atoms with E-state index < -0.39 is 16.1 Å². The number of carbonyl (C=O) groups is 1. The molecule has 1 unspecified atom stereocenters. The van der Waals surface area contributed by atoms with Gasteiger partial charge in [-0.25, -0.2) is 8.42 Å². The largest absolute Gasteiger partial charge is 0.497 e. The van der Waals surface area contributed by atoms with Crippen molar-refractivity contribution in [2.24, 2.45) is 0 Å². The Morgan fingerprint density at radius 1 is 1.07 bits per heavy atom. The third-order valence-corrected chi connectivity index (χ3v) is 6.17. The Balaban J connectivity index is 2.12. The fraction of sp³-hybridized carbons (Fsp3) is 0.409. The lowest BCUT2D eigenvalue weighted by molar-refractivity contribution is -0.122. The first-order valence-electron chi connectivity index (χ1n) is 9.96. The fourth-order valence-electron chi connectivity index (χ4n) is 3.31. The SMILES string of the molecule is CCN(CC)c1ccc(CNC(=O)C(C)N(c2cccc(OC)c2)S(C)(=O)=O)cc1. The van der Waals surface area contributed by atoms with Crippen molar-refractivity contribution in [2.75, 3.05) is 35.7 Å². The zero-order valence-corrected chi connectivity index (χ0v) is 19.1. The van der Waals surface area contributed by atoms with Crippen molar-refractivity contribution < 1.29 is 17.9 Å². The van der Waals surface area contributed by atoms with Crippen LogP contribution in [-0.2, 0) is 21.4 Å². The monoisotopic (exact) mass is 433 g/mol. The average Bonchev–Trinajstić information content (AvgIpc) is 2.73. The van der Waals surface area contributed by atoms with Crippen LogP contribution in [0.25, 0.3) is 0 Å². The van der Waals surface area contributed by atoms with Gasteiger partial charge in [0.15, 0.2) is 0 Å². The molecule has 0 saturated carbocycles. The van der Waals surface area contributed by atoms with Crippen molar-refractivity contribution >= 4 is 27.3 Å². The number of nitrogens with one attached hydrogen (secondary N) is 1. The zero-order valence-electron chi connectivity index (χ0n) is 18.3. The summed E-state index contributed by atoms with van der Waals surface area (Å²) in [5.74, 6) is 0.137. The Bertz CT molecular complexity index is 941. The molecular weight excluding hydrogens is 402 g/mol. The first-order chi connectivity index (χ1) is 14.2. The summed E-state index contributed by atoms with van der Waals surface area (Å²) in [6.07, 6.45) is 1.09. The molecule has 0 fully saturated rings. The van der Waals surface area contributed by atoms with E-state index in [0.29, 0.717) is 18.0 Å². The summed E-state index contributed by atoms with van der Waals surface area (Å²) < 4.78 is 31.1. The highest BCUT2D eigenvalue weighted by atomic mass is 32.2. The Morgan fingerprint density at radius 3 is 2.23 bits per heavy atom.